The van der Waals surface area contributed by atoms with Crippen LogP contribution in [0.4, 0.5) is 0 Å². The number of methoxy groups -OCH3 is 1. The first kappa shape index (κ1) is 24.3. The van der Waals surface area contributed by atoms with Gasteiger partial charge >= 0.3 is 0 Å². The molecule has 0 bridgehead atoms. The molecule has 1 aromatic heterocycles. The molecule has 31 heavy (non-hydrogen) atoms. The summed E-state index contributed by atoms with van der Waals surface area (Å²) in [6, 6.07) is 12.9. The molecule has 3 heterocycles. The number of thiophene rings is 1. The van der Waals surface area contributed by atoms with Gasteiger partial charge in [-0.2, -0.15) is 0 Å². The van der Waals surface area contributed by atoms with Crippen LogP contribution in [0.25, 0.3) is 0 Å². The average molecular weight is 555 g/mol. The molecule has 5 nitrogen and oxygen atoms in total. The number of likely N-dealkylation sites (tertiary alicyclic amines) is 2. The van der Waals surface area contributed by atoms with Crippen LogP contribution in [0.2, 0.25) is 0 Å². The molecule has 170 valence electrons. The van der Waals surface area contributed by atoms with E-state index in [2.05, 4.69) is 61.9 Å². The molecule has 2 aliphatic heterocycles. The number of nitrogens with one attached hydrogen (secondary N) is 1. The Morgan fingerprint density at radius 1 is 1.13 bits per heavy atom. The van der Waals surface area contributed by atoms with Gasteiger partial charge in [0, 0.05) is 44.0 Å². The number of hydrogen-bond acceptors (Lipinski definition) is 4. The molecule has 0 aliphatic carbocycles. The summed E-state index contributed by atoms with van der Waals surface area (Å²) in [6.45, 7) is 6.64. The van der Waals surface area contributed by atoms with Crippen molar-refractivity contribution in [2.24, 2.45) is 10.9 Å². The second-order valence-electron chi connectivity index (χ2n) is 8.43. The number of hydrogen-bond donors (Lipinski definition) is 1. The Morgan fingerprint density at radius 2 is 1.90 bits per heavy atom. The lowest BCUT2D eigenvalue weighted by molar-refractivity contribution is 0.179. The molecule has 0 radical (unpaired) electrons. The molecule has 7 heteroatoms. The van der Waals surface area contributed by atoms with E-state index < -0.39 is 0 Å². The largest absolute Gasteiger partial charge is 0.497 e. The van der Waals surface area contributed by atoms with Gasteiger partial charge in [-0.25, -0.2) is 0 Å². The van der Waals surface area contributed by atoms with Gasteiger partial charge in [-0.05, 0) is 67.4 Å². The van der Waals surface area contributed by atoms with Crippen LogP contribution in [-0.4, -0.2) is 62.6 Å². The second kappa shape index (κ2) is 12.1. The van der Waals surface area contributed by atoms with Crippen LogP contribution in [0.5, 0.6) is 5.75 Å². The fourth-order valence-corrected chi connectivity index (χ4v) is 5.39. The third-order valence-electron chi connectivity index (χ3n) is 6.50. The number of guanidine groups is 1. The summed E-state index contributed by atoms with van der Waals surface area (Å²) in [4.78, 5) is 11.1. The molecule has 2 saturated heterocycles. The molecule has 0 saturated carbocycles. The Hall–Kier alpha value is -1.32. The van der Waals surface area contributed by atoms with Crippen molar-refractivity contribution >= 4 is 41.3 Å². The molecule has 2 aliphatic rings. The predicted molar refractivity (Wildman–Crippen MR) is 141 cm³/mol. The lowest BCUT2D eigenvalue weighted by Crippen LogP contribution is -2.44. The highest BCUT2D eigenvalue weighted by Crippen LogP contribution is 2.28. The van der Waals surface area contributed by atoms with E-state index >= 15 is 0 Å². The van der Waals surface area contributed by atoms with E-state index in [0.717, 1.165) is 43.8 Å². The second-order valence-corrected chi connectivity index (χ2v) is 9.46. The third-order valence-corrected chi connectivity index (χ3v) is 7.36. The number of halogens is 1. The van der Waals surface area contributed by atoms with Crippen LogP contribution < -0.4 is 10.1 Å². The summed E-state index contributed by atoms with van der Waals surface area (Å²) in [7, 11) is 3.63. The highest BCUT2D eigenvalue weighted by atomic mass is 127. The Bertz CT molecular complexity index is 803. The summed E-state index contributed by atoms with van der Waals surface area (Å²) >= 11 is 1.87. The summed E-state index contributed by atoms with van der Waals surface area (Å²) < 4.78 is 5.29. The number of nitrogens with zero attached hydrogens (tertiary/aromatic N) is 3. The van der Waals surface area contributed by atoms with E-state index in [1.165, 1.54) is 42.8 Å². The molecule has 2 aromatic rings. The lowest BCUT2D eigenvalue weighted by atomic mass is 9.97. The lowest BCUT2D eigenvalue weighted by Gasteiger charge is -2.32. The molecule has 1 atom stereocenters. The topological polar surface area (TPSA) is 40.1 Å². The Balaban J connectivity index is 0.00000272. The molecule has 0 spiro atoms. The average Bonchev–Trinajstić information content (AvgIpc) is 3.48. The molecule has 2 fully saturated rings. The Kier molecular flexibility index (Phi) is 9.47. The van der Waals surface area contributed by atoms with Crippen molar-refractivity contribution in [2.45, 2.75) is 31.7 Å². The maximum Gasteiger partial charge on any atom is 0.193 e. The quantitative estimate of drug-likeness (QED) is 0.321. The zero-order chi connectivity index (χ0) is 20.8. The molecular formula is C24H35IN4OS. The van der Waals surface area contributed by atoms with Crippen LogP contribution in [-0.2, 0) is 6.54 Å². The molecular weight excluding hydrogens is 519 g/mol. The van der Waals surface area contributed by atoms with Crippen LogP contribution in [0.15, 0.2) is 46.8 Å². The monoisotopic (exact) mass is 554 g/mol. The minimum Gasteiger partial charge on any atom is -0.497 e. The van der Waals surface area contributed by atoms with Crippen molar-refractivity contribution in [3.8, 4) is 5.75 Å². The van der Waals surface area contributed by atoms with Crippen molar-refractivity contribution in [1.82, 2.24) is 15.1 Å². The fourth-order valence-electron chi connectivity index (χ4n) is 4.64. The highest BCUT2D eigenvalue weighted by molar-refractivity contribution is 14.0. The first-order valence-electron chi connectivity index (χ1n) is 11.1. The van der Waals surface area contributed by atoms with E-state index in [0.29, 0.717) is 5.92 Å². The number of ether oxygens (including phenoxy) is 1. The van der Waals surface area contributed by atoms with Crippen LogP contribution >= 0.6 is 35.3 Å². The number of benzene rings is 1. The molecule has 1 N–H and O–H groups in total. The Morgan fingerprint density at radius 3 is 2.55 bits per heavy atom. The van der Waals surface area contributed by atoms with Crippen molar-refractivity contribution < 1.29 is 4.74 Å². The van der Waals surface area contributed by atoms with E-state index in [1.807, 2.05) is 18.4 Å². The van der Waals surface area contributed by atoms with Gasteiger partial charge in [0.25, 0.3) is 0 Å². The molecule has 1 aromatic carbocycles. The first-order chi connectivity index (χ1) is 14.7. The van der Waals surface area contributed by atoms with E-state index in [9.17, 15) is 0 Å². The van der Waals surface area contributed by atoms with Gasteiger partial charge in [0.2, 0.25) is 0 Å². The third kappa shape index (κ3) is 6.58. The van der Waals surface area contributed by atoms with Crippen molar-refractivity contribution in [2.75, 3.05) is 46.9 Å². The normalized spacial score (nSPS) is 20.5. The SMILES string of the molecule is CN=C(NCC1CCN(Cc2cccs2)CC1)N1CCC(c2ccc(OC)cc2)C1.I. The van der Waals surface area contributed by atoms with Crippen molar-refractivity contribution in [1.29, 1.82) is 0 Å². The van der Waals surface area contributed by atoms with Gasteiger partial charge in [-0.1, -0.05) is 18.2 Å². The predicted octanol–water partition coefficient (Wildman–Crippen LogP) is 4.65. The molecule has 4 rings (SSSR count). The summed E-state index contributed by atoms with van der Waals surface area (Å²) in [5, 5.41) is 5.85. The minimum absolute atomic E-state index is 0. The Labute approximate surface area is 207 Å². The van der Waals surface area contributed by atoms with Crippen LogP contribution in [0.3, 0.4) is 0 Å². The van der Waals surface area contributed by atoms with Crippen molar-refractivity contribution in [3.63, 3.8) is 0 Å². The zero-order valence-corrected chi connectivity index (χ0v) is 21.8. The number of piperidine rings is 1. The minimum atomic E-state index is 0. The number of rotatable bonds is 6. The highest BCUT2D eigenvalue weighted by Gasteiger charge is 2.27. The van der Waals surface area contributed by atoms with Gasteiger partial charge in [0.15, 0.2) is 5.96 Å². The van der Waals surface area contributed by atoms with Crippen LogP contribution in [0, 0.1) is 5.92 Å². The van der Waals surface area contributed by atoms with E-state index in [1.54, 1.807) is 7.11 Å². The first-order valence-corrected chi connectivity index (χ1v) is 12.0. The van der Waals surface area contributed by atoms with E-state index in [4.69, 9.17) is 4.74 Å². The van der Waals surface area contributed by atoms with Gasteiger partial charge < -0.3 is 15.0 Å². The molecule has 1 unspecified atom stereocenters. The maximum absolute atomic E-state index is 5.29. The van der Waals surface area contributed by atoms with Gasteiger partial charge in [-0.3, -0.25) is 9.89 Å². The summed E-state index contributed by atoms with van der Waals surface area (Å²) in [6.07, 6.45) is 3.71. The van der Waals surface area contributed by atoms with E-state index in [-0.39, 0.29) is 24.0 Å². The maximum atomic E-state index is 5.29. The van der Waals surface area contributed by atoms with Crippen LogP contribution in [0.1, 0.15) is 35.6 Å². The fraction of sp³-hybridized carbons (Fsp3) is 0.542. The zero-order valence-electron chi connectivity index (χ0n) is 18.6. The smallest absolute Gasteiger partial charge is 0.193 e. The van der Waals surface area contributed by atoms with Gasteiger partial charge in [-0.15, -0.1) is 35.3 Å². The standard InChI is InChI=1S/C24H34N4OS.HI/c1-25-24(28-14-11-21(17-28)20-5-7-22(29-2)8-6-20)26-16-19-9-12-27(13-10-19)18-23-4-3-15-30-23;/h3-8,15,19,21H,9-14,16-18H2,1-2H3,(H,25,26);1H. The summed E-state index contributed by atoms with van der Waals surface area (Å²) in [5.41, 5.74) is 1.40. The number of aliphatic imine (C=N–C) groups is 1. The van der Waals surface area contributed by atoms with Gasteiger partial charge in [0.1, 0.15) is 5.75 Å². The molecule has 0 amide bonds. The van der Waals surface area contributed by atoms with Crippen molar-refractivity contribution in [3.05, 3.63) is 52.2 Å². The van der Waals surface area contributed by atoms with Gasteiger partial charge in [0.05, 0.1) is 7.11 Å². The summed E-state index contributed by atoms with van der Waals surface area (Å²) in [5.74, 6) is 3.29.